The van der Waals surface area contributed by atoms with E-state index in [0.29, 0.717) is 12.5 Å². The molecule has 1 aromatic rings. The molecular formula is C12H23IN4OS. The quantitative estimate of drug-likeness (QED) is 0.320. The first kappa shape index (κ1) is 18.6. The van der Waals surface area contributed by atoms with Crippen LogP contribution in [0.3, 0.4) is 0 Å². The maximum Gasteiger partial charge on any atom is 0.189 e. The van der Waals surface area contributed by atoms with E-state index in [1.807, 2.05) is 13.8 Å². The average molecular weight is 398 g/mol. The second-order valence-corrected chi connectivity index (χ2v) is 5.22. The third-order valence-electron chi connectivity index (χ3n) is 2.43. The van der Waals surface area contributed by atoms with E-state index in [1.165, 1.54) is 4.88 Å². The Kier molecular flexibility index (Phi) is 10.2. The van der Waals surface area contributed by atoms with Crippen LogP contribution in [0.5, 0.6) is 0 Å². The first-order chi connectivity index (χ1) is 8.63. The molecule has 7 heteroatoms. The monoisotopic (exact) mass is 398 g/mol. The zero-order valence-corrected chi connectivity index (χ0v) is 14.9. The first-order valence-corrected chi connectivity index (χ1v) is 6.99. The molecule has 0 radical (unpaired) electrons. The van der Waals surface area contributed by atoms with Crippen LogP contribution in [0.1, 0.15) is 28.9 Å². The van der Waals surface area contributed by atoms with E-state index in [1.54, 1.807) is 11.3 Å². The Morgan fingerprint density at radius 2 is 2.21 bits per heavy atom. The molecule has 0 spiro atoms. The van der Waals surface area contributed by atoms with Crippen molar-refractivity contribution in [2.24, 2.45) is 10.7 Å². The van der Waals surface area contributed by atoms with Gasteiger partial charge in [-0.3, -0.25) is 0 Å². The highest BCUT2D eigenvalue weighted by atomic mass is 127. The summed E-state index contributed by atoms with van der Waals surface area (Å²) in [6.07, 6.45) is 0.930. The molecule has 0 saturated heterocycles. The Morgan fingerprint density at radius 1 is 1.47 bits per heavy atom. The minimum atomic E-state index is 0. The molecular weight excluding hydrogens is 375 g/mol. The topological polar surface area (TPSA) is 72.5 Å². The molecule has 19 heavy (non-hydrogen) atoms. The molecule has 3 N–H and O–H groups in total. The summed E-state index contributed by atoms with van der Waals surface area (Å²) in [6, 6.07) is 0. The van der Waals surface area contributed by atoms with Crippen molar-refractivity contribution in [2.45, 2.75) is 33.7 Å². The van der Waals surface area contributed by atoms with Crippen LogP contribution >= 0.6 is 35.3 Å². The molecule has 0 fully saturated rings. The van der Waals surface area contributed by atoms with E-state index in [2.05, 4.69) is 22.2 Å². The van der Waals surface area contributed by atoms with Crippen LogP contribution in [-0.2, 0) is 11.3 Å². The van der Waals surface area contributed by atoms with Gasteiger partial charge in [0.1, 0.15) is 5.01 Å². The summed E-state index contributed by atoms with van der Waals surface area (Å²) in [7, 11) is 0. The molecule has 1 rings (SSSR count). The molecule has 0 aromatic carbocycles. The van der Waals surface area contributed by atoms with Crippen molar-refractivity contribution >= 4 is 41.3 Å². The van der Waals surface area contributed by atoms with Crippen LogP contribution < -0.4 is 11.1 Å². The van der Waals surface area contributed by atoms with E-state index in [4.69, 9.17) is 10.5 Å². The lowest BCUT2D eigenvalue weighted by Gasteiger charge is -2.04. The van der Waals surface area contributed by atoms with Gasteiger partial charge in [-0.1, -0.05) is 0 Å². The third kappa shape index (κ3) is 7.68. The standard InChI is InChI=1S/C12H22N4OS.HI/c1-4-17-7-5-6-14-12(13)15-8-11-16-9(2)10(3)18-11;/h4-8H2,1-3H3,(H3,13,14,15);1H. The summed E-state index contributed by atoms with van der Waals surface area (Å²) in [6.45, 7) is 8.90. The van der Waals surface area contributed by atoms with Gasteiger partial charge in [0, 0.05) is 24.6 Å². The number of ether oxygens (including phenoxy) is 1. The first-order valence-electron chi connectivity index (χ1n) is 6.18. The summed E-state index contributed by atoms with van der Waals surface area (Å²) >= 11 is 1.67. The minimum Gasteiger partial charge on any atom is -0.382 e. The van der Waals surface area contributed by atoms with Gasteiger partial charge in [0.25, 0.3) is 0 Å². The number of thiazole rings is 1. The molecule has 0 amide bonds. The van der Waals surface area contributed by atoms with Crippen LogP contribution in [0.15, 0.2) is 4.99 Å². The van der Waals surface area contributed by atoms with Gasteiger partial charge in [0.15, 0.2) is 5.96 Å². The van der Waals surface area contributed by atoms with Crippen molar-refractivity contribution in [1.29, 1.82) is 0 Å². The fourth-order valence-electron chi connectivity index (χ4n) is 1.35. The smallest absolute Gasteiger partial charge is 0.189 e. The van der Waals surface area contributed by atoms with Crippen LogP contribution in [0.25, 0.3) is 0 Å². The predicted octanol–water partition coefficient (Wildman–Crippen LogP) is 2.21. The highest BCUT2D eigenvalue weighted by Crippen LogP contribution is 2.16. The van der Waals surface area contributed by atoms with E-state index in [-0.39, 0.29) is 24.0 Å². The molecule has 110 valence electrons. The molecule has 1 heterocycles. The Hall–Kier alpha value is -0.410. The number of hydrogen-bond donors (Lipinski definition) is 2. The summed E-state index contributed by atoms with van der Waals surface area (Å²) < 4.78 is 5.23. The lowest BCUT2D eigenvalue weighted by Crippen LogP contribution is -2.32. The molecule has 0 aliphatic rings. The fraction of sp³-hybridized carbons (Fsp3) is 0.667. The number of aryl methyl sites for hydroxylation is 2. The van der Waals surface area contributed by atoms with Gasteiger partial charge in [-0.15, -0.1) is 35.3 Å². The number of nitrogens with one attached hydrogen (secondary N) is 1. The van der Waals surface area contributed by atoms with Crippen molar-refractivity contribution in [3.8, 4) is 0 Å². The molecule has 0 bridgehead atoms. The zero-order valence-electron chi connectivity index (χ0n) is 11.7. The molecule has 0 aliphatic heterocycles. The van der Waals surface area contributed by atoms with Gasteiger partial charge in [-0.25, -0.2) is 9.98 Å². The Bertz CT molecular complexity index is 376. The van der Waals surface area contributed by atoms with E-state index in [9.17, 15) is 0 Å². The summed E-state index contributed by atoms with van der Waals surface area (Å²) in [5, 5.41) is 4.06. The minimum absolute atomic E-state index is 0. The molecule has 0 atom stereocenters. The largest absolute Gasteiger partial charge is 0.382 e. The van der Waals surface area contributed by atoms with Crippen molar-refractivity contribution in [3.63, 3.8) is 0 Å². The van der Waals surface area contributed by atoms with Crippen molar-refractivity contribution < 1.29 is 4.74 Å². The summed E-state index contributed by atoms with van der Waals surface area (Å²) in [5.74, 6) is 0.469. The Morgan fingerprint density at radius 3 is 2.79 bits per heavy atom. The van der Waals surface area contributed by atoms with Gasteiger partial charge in [0.05, 0.1) is 12.2 Å². The summed E-state index contributed by atoms with van der Waals surface area (Å²) in [4.78, 5) is 9.91. The number of guanidine groups is 1. The molecule has 0 saturated carbocycles. The highest BCUT2D eigenvalue weighted by molar-refractivity contribution is 14.0. The average Bonchev–Trinajstić information content (AvgIpc) is 2.66. The van der Waals surface area contributed by atoms with Crippen LogP contribution in [0.4, 0.5) is 0 Å². The second kappa shape index (κ2) is 10.4. The van der Waals surface area contributed by atoms with Crippen LogP contribution in [0, 0.1) is 13.8 Å². The fourth-order valence-corrected chi connectivity index (χ4v) is 2.21. The van der Waals surface area contributed by atoms with Gasteiger partial charge < -0.3 is 15.8 Å². The van der Waals surface area contributed by atoms with Gasteiger partial charge in [-0.05, 0) is 27.2 Å². The number of rotatable bonds is 7. The SMILES string of the molecule is CCOCCCNC(N)=NCc1nc(C)c(C)s1.I. The third-order valence-corrected chi connectivity index (χ3v) is 3.49. The van der Waals surface area contributed by atoms with Gasteiger partial charge in [-0.2, -0.15) is 0 Å². The summed E-state index contributed by atoms with van der Waals surface area (Å²) in [5.41, 5.74) is 6.83. The van der Waals surface area contributed by atoms with Gasteiger partial charge in [0.2, 0.25) is 0 Å². The number of nitrogens with zero attached hydrogens (tertiary/aromatic N) is 2. The molecule has 0 aliphatic carbocycles. The van der Waals surface area contributed by atoms with E-state index in [0.717, 1.165) is 36.9 Å². The number of hydrogen-bond acceptors (Lipinski definition) is 4. The van der Waals surface area contributed by atoms with Crippen LogP contribution in [0.2, 0.25) is 0 Å². The lowest BCUT2D eigenvalue weighted by atomic mass is 10.4. The van der Waals surface area contributed by atoms with Crippen molar-refractivity contribution in [1.82, 2.24) is 10.3 Å². The predicted molar refractivity (Wildman–Crippen MR) is 91.4 cm³/mol. The highest BCUT2D eigenvalue weighted by Gasteiger charge is 2.02. The number of halogens is 1. The van der Waals surface area contributed by atoms with Crippen molar-refractivity contribution in [3.05, 3.63) is 15.6 Å². The maximum atomic E-state index is 5.76. The number of aromatic nitrogens is 1. The maximum absolute atomic E-state index is 5.76. The lowest BCUT2D eigenvalue weighted by molar-refractivity contribution is 0.145. The Labute approximate surface area is 136 Å². The molecule has 0 unspecified atom stereocenters. The van der Waals surface area contributed by atoms with Crippen molar-refractivity contribution in [2.75, 3.05) is 19.8 Å². The molecule has 5 nitrogen and oxygen atoms in total. The van der Waals surface area contributed by atoms with E-state index < -0.39 is 0 Å². The van der Waals surface area contributed by atoms with Gasteiger partial charge >= 0.3 is 0 Å². The second-order valence-electron chi connectivity index (χ2n) is 3.93. The van der Waals surface area contributed by atoms with Crippen LogP contribution in [-0.4, -0.2) is 30.7 Å². The zero-order chi connectivity index (χ0) is 13.4. The number of nitrogens with two attached hydrogens (primary N) is 1. The number of aliphatic imine (C=N–C) groups is 1. The Balaban J connectivity index is 0.00000324. The molecule has 1 aromatic heterocycles. The normalized spacial score (nSPS) is 11.2. The van der Waals surface area contributed by atoms with E-state index >= 15 is 0 Å².